The number of hydrogen-bond acceptors (Lipinski definition) is 4. The zero-order valence-corrected chi connectivity index (χ0v) is 12.7. The van der Waals surface area contributed by atoms with Crippen LogP contribution in [0.2, 0.25) is 0 Å². The summed E-state index contributed by atoms with van der Waals surface area (Å²) in [6, 6.07) is 15.8. The Hall–Kier alpha value is -2.88. The van der Waals surface area contributed by atoms with E-state index in [1.165, 1.54) is 11.6 Å². The van der Waals surface area contributed by atoms with Crippen molar-refractivity contribution in [2.75, 3.05) is 0 Å². The van der Waals surface area contributed by atoms with Gasteiger partial charge in [-0.05, 0) is 36.2 Å². The number of hydrogen-bond donors (Lipinski definition) is 0. The number of rotatable bonds is 4. The molecule has 0 N–H and O–H groups in total. The van der Waals surface area contributed by atoms with E-state index in [2.05, 4.69) is 6.92 Å². The first kappa shape index (κ1) is 15.0. The van der Waals surface area contributed by atoms with Gasteiger partial charge in [-0.3, -0.25) is 0 Å². The highest BCUT2D eigenvalue weighted by Crippen LogP contribution is 2.17. The SMILES string of the molecule is CCCc1ccc(OC(=O)c2cc3ccccc3oc2=O)cc1. The predicted octanol–water partition coefficient (Wildman–Crippen LogP) is 3.96. The Balaban J connectivity index is 1.85. The molecule has 1 aromatic heterocycles. The van der Waals surface area contributed by atoms with Gasteiger partial charge in [0.15, 0.2) is 0 Å². The molecule has 1 heterocycles. The summed E-state index contributed by atoms with van der Waals surface area (Å²) >= 11 is 0. The number of para-hydroxylation sites is 1. The molecule has 0 aliphatic heterocycles. The third-order valence-corrected chi connectivity index (χ3v) is 3.53. The minimum atomic E-state index is -0.715. The topological polar surface area (TPSA) is 56.5 Å². The van der Waals surface area contributed by atoms with E-state index in [1.807, 2.05) is 18.2 Å². The Morgan fingerprint density at radius 3 is 2.57 bits per heavy atom. The van der Waals surface area contributed by atoms with Gasteiger partial charge in [0.1, 0.15) is 16.9 Å². The zero-order valence-electron chi connectivity index (χ0n) is 12.7. The van der Waals surface area contributed by atoms with Crippen molar-refractivity contribution in [3.63, 3.8) is 0 Å². The van der Waals surface area contributed by atoms with Crippen molar-refractivity contribution in [2.45, 2.75) is 19.8 Å². The second-order valence-electron chi connectivity index (χ2n) is 5.27. The molecular formula is C19H16O4. The van der Waals surface area contributed by atoms with Gasteiger partial charge in [0, 0.05) is 5.39 Å². The summed E-state index contributed by atoms with van der Waals surface area (Å²) in [5.74, 6) is -0.310. The molecule has 0 atom stereocenters. The first-order valence-corrected chi connectivity index (χ1v) is 7.51. The fraction of sp³-hybridized carbons (Fsp3) is 0.158. The van der Waals surface area contributed by atoms with Gasteiger partial charge in [-0.1, -0.05) is 43.7 Å². The highest BCUT2D eigenvalue weighted by atomic mass is 16.5. The monoisotopic (exact) mass is 308 g/mol. The van der Waals surface area contributed by atoms with Crippen LogP contribution in [-0.2, 0) is 6.42 Å². The Morgan fingerprint density at radius 1 is 1.09 bits per heavy atom. The molecule has 0 unspecified atom stereocenters. The van der Waals surface area contributed by atoms with Gasteiger partial charge < -0.3 is 9.15 Å². The summed E-state index contributed by atoms with van der Waals surface area (Å²) in [5.41, 5.74) is 0.813. The molecular weight excluding hydrogens is 292 g/mol. The van der Waals surface area contributed by atoms with Gasteiger partial charge in [-0.15, -0.1) is 0 Å². The number of carbonyl (C=O) groups excluding carboxylic acids is 1. The standard InChI is InChI=1S/C19H16O4/c1-2-5-13-8-10-15(11-9-13)22-18(20)16-12-14-6-3-4-7-17(14)23-19(16)21/h3-4,6-12H,2,5H2,1H3. The van der Waals surface area contributed by atoms with Crippen molar-refractivity contribution in [3.05, 3.63) is 76.1 Å². The molecule has 4 nitrogen and oxygen atoms in total. The van der Waals surface area contributed by atoms with Gasteiger partial charge in [0.2, 0.25) is 0 Å². The van der Waals surface area contributed by atoms with E-state index >= 15 is 0 Å². The number of esters is 1. The molecule has 0 saturated carbocycles. The average molecular weight is 308 g/mol. The van der Waals surface area contributed by atoms with Crippen LogP contribution in [0.15, 0.2) is 63.8 Å². The highest BCUT2D eigenvalue weighted by Gasteiger charge is 2.16. The maximum atomic E-state index is 12.2. The van der Waals surface area contributed by atoms with Crippen LogP contribution in [0.25, 0.3) is 11.0 Å². The van der Waals surface area contributed by atoms with Gasteiger partial charge in [0.05, 0.1) is 0 Å². The van der Waals surface area contributed by atoms with Crippen molar-refractivity contribution in [2.24, 2.45) is 0 Å². The number of carbonyl (C=O) groups is 1. The summed E-state index contributed by atoms with van der Waals surface area (Å²) in [4.78, 5) is 24.1. The molecule has 4 heteroatoms. The summed E-state index contributed by atoms with van der Waals surface area (Å²) in [7, 11) is 0. The minimum absolute atomic E-state index is 0.110. The van der Waals surface area contributed by atoms with Crippen LogP contribution in [0.4, 0.5) is 0 Å². The van der Waals surface area contributed by atoms with E-state index < -0.39 is 11.6 Å². The first-order chi connectivity index (χ1) is 11.2. The molecule has 3 aromatic rings. The van der Waals surface area contributed by atoms with Crippen LogP contribution in [0.1, 0.15) is 29.3 Å². The van der Waals surface area contributed by atoms with Crippen LogP contribution in [0.3, 0.4) is 0 Å². The molecule has 3 rings (SSSR count). The van der Waals surface area contributed by atoms with Crippen molar-refractivity contribution >= 4 is 16.9 Å². The molecule has 0 spiro atoms. The second-order valence-corrected chi connectivity index (χ2v) is 5.27. The maximum Gasteiger partial charge on any atom is 0.351 e. The number of benzene rings is 2. The Kier molecular flexibility index (Phi) is 4.24. The average Bonchev–Trinajstić information content (AvgIpc) is 2.56. The maximum absolute atomic E-state index is 12.2. The second kappa shape index (κ2) is 6.48. The molecule has 0 saturated heterocycles. The number of ether oxygens (including phenoxy) is 1. The Morgan fingerprint density at radius 2 is 1.83 bits per heavy atom. The summed E-state index contributed by atoms with van der Waals surface area (Å²) in [5, 5.41) is 0.678. The lowest BCUT2D eigenvalue weighted by Gasteiger charge is -2.05. The lowest BCUT2D eigenvalue weighted by molar-refractivity contribution is 0.0730. The fourth-order valence-corrected chi connectivity index (χ4v) is 2.38. The van der Waals surface area contributed by atoms with Crippen LogP contribution < -0.4 is 10.4 Å². The molecule has 2 aromatic carbocycles. The molecule has 23 heavy (non-hydrogen) atoms. The first-order valence-electron chi connectivity index (χ1n) is 7.51. The van der Waals surface area contributed by atoms with E-state index in [9.17, 15) is 9.59 Å². The molecule has 0 amide bonds. The van der Waals surface area contributed by atoms with Gasteiger partial charge in [-0.2, -0.15) is 0 Å². The van der Waals surface area contributed by atoms with Gasteiger partial charge in [-0.25, -0.2) is 9.59 Å². The van der Waals surface area contributed by atoms with Crippen molar-refractivity contribution in [1.29, 1.82) is 0 Å². The summed E-state index contributed by atoms with van der Waals surface area (Å²) in [6.07, 6.45) is 2.03. The third kappa shape index (κ3) is 3.31. The molecule has 0 fully saturated rings. The third-order valence-electron chi connectivity index (χ3n) is 3.53. The molecule has 116 valence electrons. The highest BCUT2D eigenvalue weighted by molar-refractivity contribution is 5.94. The van der Waals surface area contributed by atoms with Gasteiger partial charge >= 0.3 is 11.6 Å². The molecule has 0 aliphatic rings. The number of fused-ring (bicyclic) bond motifs is 1. The van der Waals surface area contributed by atoms with Crippen LogP contribution in [0, 0.1) is 0 Å². The van der Waals surface area contributed by atoms with Crippen LogP contribution >= 0.6 is 0 Å². The van der Waals surface area contributed by atoms with Crippen molar-refractivity contribution in [1.82, 2.24) is 0 Å². The molecule has 0 aliphatic carbocycles. The van der Waals surface area contributed by atoms with E-state index in [0.717, 1.165) is 12.8 Å². The quantitative estimate of drug-likeness (QED) is 0.416. The van der Waals surface area contributed by atoms with E-state index in [1.54, 1.807) is 30.3 Å². The lowest BCUT2D eigenvalue weighted by Crippen LogP contribution is -2.18. The van der Waals surface area contributed by atoms with Crippen molar-refractivity contribution < 1.29 is 13.9 Å². The summed E-state index contributed by atoms with van der Waals surface area (Å²) < 4.78 is 10.4. The van der Waals surface area contributed by atoms with Crippen LogP contribution in [0.5, 0.6) is 5.75 Å². The van der Waals surface area contributed by atoms with Gasteiger partial charge in [0.25, 0.3) is 0 Å². The smallest absolute Gasteiger partial charge is 0.351 e. The lowest BCUT2D eigenvalue weighted by atomic mass is 10.1. The largest absolute Gasteiger partial charge is 0.423 e. The van der Waals surface area contributed by atoms with Crippen LogP contribution in [-0.4, -0.2) is 5.97 Å². The molecule has 0 radical (unpaired) electrons. The Labute approximate surface area is 133 Å². The van der Waals surface area contributed by atoms with E-state index in [-0.39, 0.29) is 5.56 Å². The van der Waals surface area contributed by atoms with E-state index in [4.69, 9.17) is 9.15 Å². The minimum Gasteiger partial charge on any atom is -0.423 e. The normalized spacial score (nSPS) is 10.7. The fourth-order valence-electron chi connectivity index (χ4n) is 2.38. The number of aryl methyl sites for hydroxylation is 1. The summed E-state index contributed by atoms with van der Waals surface area (Å²) in [6.45, 7) is 2.10. The predicted molar refractivity (Wildman–Crippen MR) is 87.9 cm³/mol. The Bertz CT molecular complexity index is 891. The zero-order chi connectivity index (χ0) is 16.2. The molecule has 0 bridgehead atoms. The van der Waals surface area contributed by atoms with Crippen molar-refractivity contribution in [3.8, 4) is 5.75 Å². The van der Waals surface area contributed by atoms with E-state index in [0.29, 0.717) is 16.7 Å².